The molecule has 5 atom stereocenters. The number of nitrogens with one attached hydrogen (secondary N) is 7. The van der Waals surface area contributed by atoms with E-state index in [1.54, 1.807) is 0 Å². The number of anilines is 1. The highest BCUT2D eigenvalue weighted by Gasteiger charge is 2.34. The molecule has 0 aromatic heterocycles. The van der Waals surface area contributed by atoms with E-state index in [2.05, 4.69) is 48.4 Å². The fourth-order valence-electron chi connectivity index (χ4n) is 5.22. The van der Waals surface area contributed by atoms with Crippen LogP contribution in [0.5, 0.6) is 0 Å². The third-order valence-electron chi connectivity index (χ3n) is 7.04. The molecule has 3 fully saturated rings. The Kier molecular flexibility index (Phi) is 6.89. The van der Waals surface area contributed by atoms with E-state index in [-0.39, 0.29) is 18.2 Å². The molecule has 5 rings (SSSR count). The molecule has 0 aliphatic carbocycles. The number of carbonyl (C=O) groups excluding carboxylic acids is 1. The predicted octanol–water partition coefficient (Wildman–Crippen LogP) is 0.0849. The number of piperidine rings is 1. The smallest absolute Gasteiger partial charge is 0.251 e. The summed E-state index contributed by atoms with van der Waals surface area (Å²) in [5, 5.41) is 17.0. The van der Waals surface area contributed by atoms with Crippen molar-refractivity contribution in [2.24, 2.45) is 5.92 Å². The van der Waals surface area contributed by atoms with Crippen LogP contribution in [-0.4, -0.2) is 68.1 Å². The van der Waals surface area contributed by atoms with Crippen LogP contribution in [0.4, 0.5) is 5.69 Å². The standard InChI is InChI=1S/C23H36N8O/c32-23(27-14-19-13-26-21-6-1-2-11-31(19)21)17-4-3-5-18(12-17)25-15-20-28-22(30-29-20)16-7-9-24-10-8-16/h3-5,7,9,12,16,19-22,24-26,28-30H,1-2,6,8,10-11,13-15H2,(H,27,32). The van der Waals surface area contributed by atoms with E-state index in [1.165, 1.54) is 19.3 Å². The molecule has 174 valence electrons. The highest BCUT2D eigenvalue weighted by molar-refractivity contribution is 5.95. The van der Waals surface area contributed by atoms with Crippen LogP contribution in [0.25, 0.3) is 0 Å². The molecule has 1 aromatic rings. The van der Waals surface area contributed by atoms with Crippen LogP contribution in [0.15, 0.2) is 36.5 Å². The zero-order valence-corrected chi connectivity index (χ0v) is 18.6. The average Bonchev–Trinajstić information content (AvgIpc) is 3.49. The van der Waals surface area contributed by atoms with Crippen LogP contribution < -0.4 is 37.4 Å². The maximum Gasteiger partial charge on any atom is 0.251 e. The first-order valence-electron chi connectivity index (χ1n) is 12.0. The number of nitrogens with zero attached hydrogens (tertiary/aromatic N) is 1. The second-order valence-corrected chi connectivity index (χ2v) is 9.23. The number of benzene rings is 1. The zero-order chi connectivity index (χ0) is 21.8. The Labute approximate surface area is 190 Å². The van der Waals surface area contributed by atoms with Crippen molar-refractivity contribution in [3.05, 3.63) is 42.1 Å². The van der Waals surface area contributed by atoms with Gasteiger partial charge in [0.05, 0.1) is 18.5 Å². The number of hydrogen-bond acceptors (Lipinski definition) is 8. The average molecular weight is 441 g/mol. The SMILES string of the molecule is O=C(NCC1CNC2CCCCN12)c1cccc(NCC2NNC(C3C=CNCC3)N2)c1. The molecule has 0 spiro atoms. The van der Waals surface area contributed by atoms with Crippen LogP contribution in [-0.2, 0) is 0 Å². The van der Waals surface area contributed by atoms with Crippen molar-refractivity contribution in [2.45, 2.75) is 50.2 Å². The van der Waals surface area contributed by atoms with Crippen molar-refractivity contribution < 1.29 is 4.79 Å². The van der Waals surface area contributed by atoms with Crippen LogP contribution in [0.1, 0.15) is 36.0 Å². The summed E-state index contributed by atoms with van der Waals surface area (Å²) >= 11 is 0. The lowest BCUT2D eigenvalue weighted by Crippen LogP contribution is -2.46. The first kappa shape index (κ1) is 21.7. The number of rotatable bonds is 7. The second-order valence-electron chi connectivity index (χ2n) is 9.23. The number of hydrazine groups is 1. The fourth-order valence-corrected chi connectivity index (χ4v) is 5.22. The topological polar surface area (TPSA) is 105 Å². The summed E-state index contributed by atoms with van der Waals surface area (Å²) in [5.74, 6) is 0.460. The molecule has 1 aromatic carbocycles. The molecular formula is C23H36N8O. The third-order valence-corrected chi connectivity index (χ3v) is 7.04. The van der Waals surface area contributed by atoms with Gasteiger partial charge in [-0.25, -0.2) is 10.9 Å². The van der Waals surface area contributed by atoms with Gasteiger partial charge in [-0.05, 0) is 50.1 Å². The first-order chi connectivity index (χ1) is 15.8. The molecule has 9 heteroatoms. The van der Waals surface area contributed by atoms with E-state index >= 15 is 0 Å². The van der Waals surface area contributed by atoms with Crippen LogP contribution in [0.2, 0.25) is 0 Å². The van der Waals surface area contributed by atoms with E-state index in [0.717, 1.165) is 31.7 Å². The maximum atomic E-state index is 12.8. The van der Waals surface area contributed by atoms with Crippen molar-refractivity contribution in [2.75, 3.05) is 38.0 Å². The first-order valence-corrected chi connectivity index (χ1v) is 12.0. The Balaban J connectivity index is 1.08. The van der Waals surface area contributed by atoms with E-state index < -0.39 is 0 Å². The molecule has 4 aliphatic rings. The highest BCUT2D eigenvalue weighted by Crippen LogP contribution is 2.22. The molecule has 0 radical (unpaired) electrons. The lowest BCUT2D eigenvalue weighted by molar-refractivity contribution is 0.0925. The Morgan fingerprint density at radius 2 is 2.12 bits per heavy atom. The van der Waals surface area contributed by atoms with E-state index in [0.29, 0.717) is 36.8 Å². The number of hydrogen-bond donors (Lipinski definition) is 7. The van der Waals surface area contributed by atoms with Gasteiger partial charge in [-0.15, -0.1) is 0 Å². The molecule has 4 heterocycles. The number of amides is 1. The molecule has 3 saturated heterocycles. The van der Waals surface area contributed by atoms with Crippen molar-refractivity contribution in [3.8, 4) is 0 Å². The van der Waals surface area contributed by atoms with Crippen LogP contribution in [0, 0.1) is 5.92 Å². The Morgan fingerprint density at radius 3 is 3.03 bits per heavy atom. The van der Waals surface area contributed by atoms with Gasteiger partial charge in [0.1, 0.15) is 0 Å². The van der Waals surface area contributed by atoms with Gasteiger partial charge in [-0.1, -0.05) is 12.1 Å². The van der Waals surface area contributed by atoms with Gasteiger partial charge in [0.25, 0.3) is 5.91 Å². The monoisotopic (exact) mass is 440 g/mol. The molecule has 5 unspecified atom stereocenters. The Hall–Kier alpha value is -2.17. The summed E-state index contributed by atoms with van der Waals surface area (Å²) < 4.78 is 0. The molecule has 7 N–H and O–H groups in total. The fraction of sp³-hybridized carbons (Fsp3) is 0.609. The molecule has 9 nitrogen and oxygen atoms in total. The van der Waals surface area contributed by atoms with Crippen LogP contribution in [0.3, 0.4) is 0 Å². The van der Waals surface area contributed by atoms with Crippen molar-refractivity contribution in [3.63, 3.8) is 0 Å². The third kappa shape index (κ3) is 5.07. The predicted molar refractivity (Wildman–Crippen MR) is 126 cm³/mol. The van der Waals surface area contributed by atoms with Crippen molar-refractivity contribution in [1.82, 2.24) is 37.0 Å². The minimum absolute atomic E-state index is 0.00866. The largest absolute Gasteiger partial charge is 0.391 e. The molecule has 0 saturated carbocycles. The van der Waals surface area contributed by atoms with Crippen LogP contribution >= 0.6 is 0 Å². The minimum Gasteiger partial charge on any atom is -0.391 e. The lowest BCUT2D eigenvalue weighted by Gasteiger charge is -2.33. The molecule has 1 amide bonds. The van der Waals surface area contributed by atoms with Gasteiger partial charge in [0.2, 0.25) is 0 Å². The zero-order valence-electron chi connectivity index (χ0n) is 18.6. The summed E-state index contributed by atoms with van der Waals surface area (Å²) in [6, 6.07) is 8.14. The van der Waals surface area contributed by atoms with E-state index in [4.69, 9.17) is 0 Å². The van der Waals surface area contributed by atoms with Gasteiger partial charge >= 0.3 is 0 Å². The lowest BCUT2D eigenvalue weighted by atomic mass is 10.00. The highest BCUT2D eigenvalue weighted by atomic mass is 16.1. The van der Waals surface area contributed by atoms with E-state index in [9.17, 15) is 4.79 Å². The number of fused-ring (bicyclic) bond motifs is 1. The maximum absolute atomic E-state index is 12.8. The molecule has 0 bridgehead atoms. The molecule has 32 heavy (non-hydrogen) atoms. The molecule has 4 aliphatic heterocycles. The normalized spacial score (nSPS) is 32.3. The van der Waals surface area contributed by atoms with E-state index in [1.807, 2.05) is 30.5 Å². The Morgan fingerprint density at radius 1 is 1.16 bits per heavy atom. The van der Waals surface area contributed by atoms with Gasteiger partial charge in [0, 0.05) is 55.9 Å². The van der Waals surface area contributed by atoms with Gasteiger partial charge in [0.15, 0.2) is 0 Å². The van der Waals surface area contributed by atoms with Gasteiger partial charge < -0.3 is 21.3 Å². The van der Waals surface area contributed by atoms with Gasteiger partial charge in [-0.3, -0.25) is 15.0 Å². The summed E-state index contributed by atoms with van der Waals surface area (Å²) in [5.41, 5.74) is 8.31. The quantitative estimate of drug-likeness (QED) is 0.320. The van der Waals surface area contributed by atoms with Crippen molar-refractivity contribution in [1.29, 1.82) is 0 Å². The summed E-state index contributed by atoms with van der Waals surface area (Å²) in [4.78, 5) is 15.3. The molecular weight excluding hydrogens is 404 g/mol. The van der Waals surface area contributed by atoms with Gasteiger partial charge in [-0.2, -0.15) is 0 Å². The summed E-state index contributed by atoms with van der Waals surface area (Å²) in [6.07, 6.45) is 9.96. The Bertz CT molecular complexity index is 817. The summed E-state index contributed by atoms with van der Waals surface area (Å²) in [7, 11) is 0. The van der Waals surface area contributed by atoms with Crippen molar-refractivity contribution >= 4 is 11.6 Å². The minimum atomic E-state index is -0.00866. The number of carbonyl (C=O) groups is 1. The second kappa shape index (κ2) is 10.2. The summed E-state index contributed by atoms with van der Waals surface area (Å²) in [6.45, 7) is 4.50.